The van der Waals surface area contributed by atoms with Crippen molar-refractivity contribution in [2.45, 2.75) is 25.9 Å². The van der Waals surface area contributed by atoms with Gasteiger partial charge in [-0.15, -0.1) is 0 Å². The SMILES string of the molecule is Cn1ccnc1CN1CCC(C(=O)NCc2cccnc2-n2cccn2)CC1. The average Bonchev–Trinajstić information content (AvgIpc) is 3.39. The maximum Gasteiger partial charge on any atom is 0.223 e. The largest absolute Gasteiger partial charge is 0.352 e. The van der Waals surface area contributed by atoms with Gasteiger partial charge in [0.1, 0.15) is 5.82 Å². The first-order valence-corrected chi connectivity index (χ1v) is 9.61. The second kappa shape index (κ2) is 8.35. The lowest BCUT2D eigenvalue weighted by atomic mass is 9.96. The van der Waals surface area contributed by atoms with E-state index >= 15 is 0 Å². The lowest BCUT2D eigenvalue weighted by molar-refractivity contribution is -0.126. The zero-order valence-electron chi connectivity index (χ0n) is 16.0. The van der Waals surface area contributed by atoms with Crippen LogP contribution in [0.2, 0.25) is 0 Å². The average molecular weight is 379 g/mol. The van der Waals surface area contributed by atoms with E-state index in [1.54, 1.807) is 17.1 Å². The highest BCUT2D eigenvalue weighted by Gasteiger charge is 2.25. The fraction of sp³-hybridized carbons (Fsp3) is 0.400. The molecule has 0 spiro atoms. The Bertz CT molecular complexity index is 910. The molecule has 0 saturated carbocycles. The topological polar surface area (TPSA) is 80.9 Å². The van der Waals surface area contributed by atoms with Gasteiger partial charge in [0.2, 0.25) is 5.91 Å². The molecule has 8 heteroatoms. The Balaban J connectivity index is 1.29. The van der Waals surface area contributed by atoms with E-state index in [2.05, 4.69) is 25.3 Å². The highest BCUT2D eigenvalue weighted by atomic mass is 16.1. The summed E-state index contributed by atoms with van der Waals surface area (Å²) < 4.78 is 3.77. The summed E-state index contributed by atoms with van der Waals surface area (Å²) in [5, 5.41) is 7.32. The molecule has 0 aliphatic carbocycles. The van der Waals surface area contributed by atoms with Crippen LogP contribution in [0.4, 0.5) is 0 Å². The Morgan fingerprint density at radius 1 is 1.14 bits per heavy atom. The van der Waals surface area contributed by atoms with Crippen LogP contribution >= 0.6 is 0 Å². The van der Waals surface area contributed by atoms with Crippen molar-refractivity contribution in [1.29, 1.82) is 0 Å². The van der Waals surface area contributed by atoms with Crippen molar-refractivity contribution in [2.75, 3.05) is 13.1 Å². The second-order valence-electron chi connectivity index (χ2n) is 7.16. The van der Waals surface area contributed by atoms with Crippen molar-refractivity contribution in [2.24, 2.45) is 13.0 Å². The molecule has 146 valence electrons. The van der Waals surface area contributed by atoms with Crippen molar-refractivity contribution in [1.82, 2.24) is 34.5 Å². The molecule has 1 fully saturated rings. The molecule has 28 heavy (non-hydrogen) atoms. The van der Waals surface area contributed by atoms with Crippen LogP contribution in [0.15, 0.2) is 49.2 Å². The molecule has 1 N–H and O–H groups in total. The van der Waals surface area contributed by atoms with Crippen LogP contribution in [0.25, 0.3) is 5.82 Å². The van der Waals surface area contributed by atoms with E-state index in [1.165, 1.54) is 0 Å². The normalized spacial score (nSPS) is 15.6. The van der Waals surface area contributed by atoms with Gasteiger partial charge in [-0.25, -0.2) is 14.6 Å². The molecular formula is C20H25N7O. The molecular weight excluding hydrogens is 354 g/mol. The van der Waals surface area contributed by atoms with Gasteiger partial charge in [0, 0.05) is 56.1 Å². The molecule has 0 radical (unpaired) electrons. The maximum atomic E-state index is 12.7. The monoisotopic (exact) mass is 379 g/mol. The lowest BCUT2D eigenvalue weighted by Gasteiger charge is -2.31. The van der Waals surface area contributed by atoms with Crippen LogP contribution in [0.3, 0.4) is 0 Å². The summed E-state index contributed by atoms with van der Waals surface area (Å²) in [6.45, 7) is 3.11. The van der Waals surface area contributed by atoms with E-state index in [9.17, 15) is 4.79 Å². The fourth-order valence-corrected chi connectivity index (χ4v) is 3.60. The number of likely N-dealkylation sites (tertiary alicyclic amines) is 1. The Hall–Kier alpha value is -3.00. The molecule has 1 saturated heterocycles. The van der Waals surface area contributed by atoms with Gasteiger partial charge in [-0.3, -0.25) is 9.69 Å². The number of amides is 1. The molecule has 4 rings (SSSR count). The van der Waals surface area contributed by atoms with E-state index in [4.69, 9.17) is 0 Å². The minimum atomic E-state index is 0.0578. The number of rotatable bonds is 6. The molecule has 1 amide bonds. The summed E-state index contributed by atoms with van der Waals surface area (Å²) in [4.78, 5) is 23.8. The quantitative estimate of drug-likeness (QED) is 0.702. The molecule has 8 nitrogen and oxygen atoms in total. The number of nitrogens with zero attached hydrogens (tertiary/aromatic N) is 6. The molecule has 4 heterocycles. The number of aromatic nitrogens is 5. The third-order valence-corrected chi connectivity index (χ3v) is 5.29. The minimum Gasteiger partial charge on any atom is -0.352 e. The molecule has 1 aliphatic heterocycles. The number of piperidine rings is 1. The summed E-state index contributed by atoms with van der Waals surface area (Å²) in [5.41, 5.74) is 0.951. The van der Waals surface area contributed by atoms with Gasteiger partial charge in [-0.1, -0.05) is 6.07 Å². The second-order valence-corrected chi connectivity index (χ2v) is 7.16. The van der Waals surface area contributed by atoms with Crippen molar-refractivity contribution < 1.29 is 4.79 Å². The first kappa shape index (κ1) is 18.4. The first-order chi connectivity index (χ1) is 13.7. The lowest BCUT2D eigenvalue weighted by Crippen LogP contribution is -2.40. The van der Waals surface area contributed by atoms with Crippen LogP contribution in [-0.4, -0.2) is 48.2 Å². The Labute approximate surface area is 164 Å². The van der Waals surface area contributed by atoms with Gasteiger partial charge in [0.15, 0.2) is 5.82 Å². The van der Waals surface area contributed by atoms with Crippen molar-refractivity contribution in [3.63, 3.8) is 0 Å². The molecule has 0 unspecified atom stereocenters. The van der Waals surface area contributed by atoms with Crippen LogP contribution < -0.4 is 5.32 Å². The number of carbonyl (C=O) groups is 1. The van der Waals surface area contributed by atoms with Gasteiger partial charge in [-0.2, -0.15) is 5.10 Å². The van der Waals surface area contributed by atoms with Gasteiger partial charge >= 0.3 is 0 Å². The number of aryl methyl sites for hydroxylation is 1. The third kappa shape index (κ3) is 4.12. The van der Waals surface area contributed by atoms with Crippen molar-refractivity contribution in [3.05, 3.63) is 60.6 Å². The van der Waals surface area contributed by atoms with Crippen molar-refractivity contribution >= 4 is 5.91 Å². The summed E-state index contributed by atoms with van der Waals surface area (Å²) in [7, 11) is 2.01. The first-order valence-electron chi connectivity index (χ1n) is 9.61. The van der Waals surface area contributed by atoms with Crippen LogP contribution in [-0.2, 0) is 24.9 Å². The van der Waals surface area contributed by atoms with Crippen LogP contribution in [0.1, 0.15) is 24.2 Å². The standard InChI is InChI=1S/C20H25N7O/c1-25-13-9-21-18(25)15-26-11-5-16(6-12-26)20(28)23-14-17-4-2-7-22-19(17)27-10-3-8-24-27/h2-4,7-10,13,16H,5-6,11-12,14-15H2,1H3,(H,23,28). The van der Waals surface area contributed by atoms with E-state index in [-0.39, 0.29) is 11.8 Å². The van der Waals surface area contributed by atoms with E-state index in [0.717, 1.165) is 49.7 Å². The fourth-order valence-electron chi connectivity index (χ4n) is 3.60. The highest BCUT2D eigenvalue weighted by molar-refractivity contribution is 5.78. The molecule has 3 aromatic heterocycles. The summed E-state index contributed by atoms with van der Waals surface area (Å²) >= 11 is 0. The van der Waals surface area contributed by atoms with Crippen molar-refractivity contribution in [3.8, 4) is 5.82 Å². The predicted molar refractivity (Wildman–Crippen MR) is 104 cm³/mol. The van der Waals surface area contributed by atoms with Crippen LogP contribution in [0, 0.1) is 5.92 Å². The number of hydrogen-bond donors (Lipinski definition) is 1. The Morgan fingerprint density at radius 2 is 2.00 bits per heavy atom. The number of imidazole rings is 1. The number of pyridine rings is 1. The van der Waals surface area contributed by atoms with E-state index in [1.807, 2.05) is 48.4 Å². The minimum absolute atomic E-state index is 0.0578. The molecule has 3 aromatic rings. The van der Waals surface area contributed by atoms with Gasteiger partial charge in [0.05, 0.1) is 6.54 Å². The zero-order chi connectivity index (χ0) is 19.3. The zero-order valence-corrected chi connectivity index (χ0v) is 16.0. The summed E-state index contributed by atoms with van der Waals surface area (Å²) in [6, 6.07) is 5.71. The van der Waals surface area contributed by atoms with Gasteiger partial charge < -0.3 is 9.88 Å². The highest BCUT2D eigenvalue weighted by Crippen LogP contribution is 2.19. The van der Waals surface area contributed by atoms with Crippen LogP contribution in [0.5, 0.6) is 0 Å². The molecule has 0 aromatic carbocycles. The third-order valence-electron chi connectivity index (χ3n) is 5.29. The molecule has 0 atom stereocenters. The van der Waals surface area contributed by atoms with Gasteiger partial charge in [0.25, 0.3) is 0 Å². The van der Waals surface area contributed by atoms with Gasteiger partial charge in [-0.05, 0) is 38.1 Å². The molecule has 0 bridgehead atoms. The molecule has 1 aliphatic rings. The Kier molecular flexibility index (Phi) is 5.48. The summed E-state index contributed by atoms with van der Waals surface area (Å²) in [5.74, 6) is 1.98. The number of hydrogen-bond acceptors (Lipinski definition) is 5. The Morgan fingerprint density at radius 3 is 2.71 bits per heavy atom. The predicted octanol–water partition coefficient (Wildman–Crippen LogP) is 1.53. The summed E-state index contributed by atoms with van der Waals surface area (Å²) in [6.07, 6.45) is 10.8. The number of nitrogens with one attached hydrogen (secondary N) is 1. The van der Waals surface area contributed by atoms with E-state index < -0.39 is 0 Å². The number of carbonyl (C=O) groups excluding carboxylic acids is 1. The van der Waals surface area contributed by atoms with E-state index in [0.29, 0.717) is 6.54 Å². The maximum absolute atomic E-state index is 12.7. The smallest absolute Gasteiger partial charge is 0.223 e.